The predicted molar refractivity (Wildman–Crippen MR) is 74.3 cm³/mol. The van der Waals surface area contributed by atoms with Crippen molar-refractivity contribution in [3.63, 3.8) is 0 Å². The minimum atomic E-state index is 0.508. The van der Waals surface area contributed by atoms with Crippen LogP contribution in [-0.2, 0) is 0 Å². The Hall–Kier alpha value is -0.0800. The molecule has 0 aromatic carbocycles. The molecule has 0 amide bonds. The molecule has 2 fully saturated rings. The van der Waals surface area contributed by atoms with Gasteiger partial charge in [0, 0.05) is 31.2 Å². The molecule has 0 radical (unpaired) electrons. The lowest BCUT2D eigenvalue weighted by atomic mass is 9.78. The molecule has 2 nitrogen and oxygen atoms in total. The number of nitrogens with one attached hydrogen (secondary N) is 1. The van der Waals surface area contributed by atoms with E-state index in [1.807, 2.05) is 0 Å². The molecule has 1 heterocycles. The molecule has 17 heavy (non-hydrogen) atoms. The topological polar surface area (TPSA) is 15.3 Å². The first-order valence-electron chi connectivity index (χ1n) is 7.65. The molecule has 2 aliphatic rings. The lowest BCUT2D eigenvalue weighted by Gasteiger charge is -2.52. The summed E-state index contributed by atoms with van der Waals surface area (Å²) in [7, 11) is 0. The van der Waals surface area contributed by atoms with Gasteiger partial charge in [0.05, 0.1) is 0 Å². The number of hydrogen-bond acceptors (Lipinski definition) is 2. The van der Waals surface area contributed by atoms with Gasteiger partial charge in [0.15, 0.2) is 0 Å². The van der Waals surface area contributed by atoms with Crippen molar-refractivity contribution in [3.05, 3.63) is 0 Å². The van der Waals surface area contributed by atoms with Crippen LogP contribution in [0.3, 0.4) is 0 Å². The van der Waals surface area contributed by atoms with Crippen LogP contribution in [0, 0.1) is 5.92 Å². The van der Waals surface area contributed by atoms with E-state index in [-0.39, 0.29) is 0 Å². The monoisotopic (exact) mass is 238 g/mol. The van der Waals surface area contributed by atoms with E-state index in [9.17, 15) is 0 Å². The number of rotatable bonds is 3. The Morgan fingerprint density at radius 1 is 1.29 bits per heavy atom. The number of hydrogen-bond donors (Lipinski definition) is 1. The van der Waals surface area contributed by atoms with E-state index in [2.05, 4.69) is 31.0 Å². The SMILES string of the molecule is CCC(C)CN1CC(C)NCC12CCCCC2. The van der Waals surface area contributed by atoms with E-state index >= 15 is 0 Å². The van der Waals surface area contributed by atoms with Crippen LogP contribution >= 0.6 is 0 Å². The van der Waals surface area contributed by atoms with Crippen LogP contribution in [0.25, 0.3) is 0 Å². The molecule has 0 aromatic rings. The molecule has 2 rings (SSSR count). The van der Waals surface area contributed by atoms with Gasteiger partial charge in [-0.15, -0.1) is 0 Å². The Balaban J connectivity index is 2.04. The first-order valence-corrected chi connectivity index (χ1v) is 7.65. The largest absolute Gasteiger partial charge is 0.311 e. The average Bonchev–Trinajstić information content (AvgIpc) is 2.35. The van der Waals surface area contributed by atoms with Crippen LogP contribution < -0.4 is 5.32 Å². The summed E-state index contributed by atoms with van der Waals surface area (Å²) in [6, 6.07) is 0.673. The first-order chi connectivity index (χ1) is 8.16. The van der Waals surface area contributed by atoms with Crippen molar-refractivity contribution in [2.24, 2.45) is 5.92 Å². The molecule has 100 valence electrons. The Morgan fingerprint density at radius 2 is 2.00 bits per heavy atom. The molecule has 2 unspecified atom stereocenters. The summed E-state index contributed by atoms with van der Waals surface area (Å²) in [6.07, 6.45) is 8.48. The number of nitrogens with zero attached hydrogens (tertiary/aromatic N) is 1. The molecule has 1 saturated carbocycles. The average molecular weight is 238 g/mol. The zero-order chi connectivity index (χ0) is 12.3. The normalized spacial score (nSPS) is 31.6. The predicted octanol–water partition coefficient (Wildman–Crippen LogP) is 3.03. The van der Waals surface area contributed by atoms with Gasteiger partial charge in [-0.1, -0.05) is 39.5 Å². The third-order valence-corrected chi connectivity index (χ3v) is 4.96. The third-order valence-electron chi connectivity index (χ3n) is 4.96. The zero-order valence-corrected chi connectivity index (χ0v) is 12.0. The minimum Gasteiger partial charge on any atom is -0.311 e. The van der Waals surface area contributed by atoms with Gasteiger partial charge < -0.3 is 5.32 Å². The molecular weight excluding hydrogens is 208 g/mol. The van der Waals surface area contributed by atoms with Crippen molar-refractivity contribution in [3.8, 4) is 0 Å². The van der Waals surface area contributed by atoms with Crippen molar-refractivity contribution in [1.29, 1.82) is 0 Å². The molecule has 0 bridgehead atoms. The summed E-state index contributed by atoms with van der Waals surface area (Å²) in [6.45, 7) is 10.9. The quantitative estimate of drug-likeness (QED) is 0.813. The van der Waals surface area contributed by atoms with Crippen LogP contribution in [0.4, 0.5) is 0 Å². The van der Waals surface area contributed by atoms with E-state index in [0.717, 1.165) is 5.92 Å². The second kappa shape index (κ2) is 5.71. The molecule has 1 aliphatic carbocycles. The van der Waals surface area contributed by atoms with Gasteiger partial charge in [0.2, 0.25) is 0 Å². The lowest BCUT2D eigenvalue weighted by Crippen LogP contribution is -2.65. The van der Waals surface area contributed by atoms with Crippen LogP contribution in [0.15, 0.2) is 0 Å². The smallest absolute Gasteiger partial charge is 0.0334 e. The fourth-order valence-corrected chi connectivity index (χ4v) is 3.54. The zero-order valence-electron chi connectivity index (χ0n) is 12.0. The number of piperazine rings is 1. The highest BCUT2D eigenvalue weighted by Crippen LogP contribution is 2.35. The molecule has 2 atom stereocenters. The summed E-state index contributed by atoms with van der Waals surface area (Å²) in [5.74, 6) is 0.846. The van der Waals surface area contributed by atoms with Gasteiger partial charge in [0.25, 0.3) is 0 Å². The van der Waals surface area contributed by atoms with Crippen LogP contribution in [0.2, 0.25) is 0 Å². The highest BCUT2D eigenvalue weighted by Gasteiger charge is 2.41. The van der Waals surface area contributed by atoms with E-state index in [1.165, 1.54) is 58.2 Å². The van der Waals surface area contributed by atoms with Crippen molar-refractivity contribution >= 4 is 0 Å². The fraction of sp³-hybridized carbons (Fsp3) is 1.00. The molecule has 1 spiro atoms. The molecular formula is C15H30N2. The van der Waals surface area contributed by atoms with E-state index in [0.29, 0.717) is 11.6 Å². The maximum absolute atomic E-state index is 3.72. The van der Waals surface area contributed by atoms with Crippen molar-refractivity contribution in [2.75, 3.05) is 19.6 Å². The van der Waals surface area contributed by atoms with E-state index in [4.69, 9.17) is 0 Å². The standard InChI is InChI=1S/C15H30N2/c1-4-13(2)10-17-11-14(3)16-12-15(17)8-6-5-7-9-15/h13-14,16H,4-12H2,1-3H3. The second-order valence-corrected chi connectivity index (χ2v) is 6.49. The Labute approximate surface area is 107 Å². The van der Waals surface area contributed by atoms with Crippen LogP contribution in [0.5, 0.6) is 0 Å². The summed E-state index contributed by atoms with van der Waals surface area (Å²) in [5, 5.41) is 3.72. The maximum Gasteiger partial charge on any atom is 0.0334 e. The molecule has 2 heteroatoms. The molecule has 0 aromatic heterocycles. The van der Waals surface area contributed by atoms with Crippen LogP contribution in [-0.4, -0.2) is 36.1 Å². The Kier molecular flexibility index (Phi) is 4.48. The van der Waals surface area contributed by atoms with Crippen molar-refractivity contribution in [1.82, 2.24) is 10.2 Å². The minimum absolute atomic E-state index is 0.508. The Morgan fingerprint density at radius 3 is 2.65 bits per heavy atom. The molecule has 1 N–H and O–H groups in total. The van der Waals surface area contributed by atoms with Crippen molar-refractivity contribution < 1.29 is 0 Å². The second-order valence-electron chi connectivity index (χ2n) is 6.49. The molecule has 1 aliphatic heterocycles. The lowest BCUT2D eigenvalue weighted by molar-refractivity contribution is 0.00273. The summed E-state index contributed by atoms with van der Waals surface area (Å²) in [4.78, 5) is 2.83. The van der Waals surface area contributed by atoms with Crippen LogP contribution in [0.1, 0.15) is 59.3 Å². The van der Waals surface area contributed by atoms with Crippen molar-refractivity contribution in [2.45, 2.75) is 70.9 Å². The van der Waals surface area contributed by atoms with Gasteiger partial charge in [-0.3, -0.25) is 4.90 Å². The summed E-state index contributed by atoms with van der Waals surface area (Å²) in [5.41, 5.74) is 0.508. The summed E-state index contributed by atoms with van der Waals surface area (Å²) < 4.78 is 0. The van der Waals surface area contributed by atoms with Gasteiger partial charge >= 0.3 is 0 Å². The van der Waals surface area contributed by atoms with Gasteiger partial charge in [-0.05, 0) is 25.7 Å². The fourth-order valence-electron chi connectivity index (χ4n) is 3.54. The third kappa shape index (κ3) is 3.03. The van der Waals surface area contributed by atoms with Gasteiger partial charge in [-0.2, -0.15) is 0 Å². The highest BCUT2D eigenvalue weighted by molar-refractivity contribution is 5.00. The Bertz CT molecular complexity index is 233. The molecule has 1 saturated heterocycles. The van der Waals surface area contributed by atoms with Gasteiger partial charge in [0.1, 0.15) is 0 Å². The van der Waals surface area contributed by atoms with E-state index in [1.54, 1.807) is 0 Å². The van der Waals surface area contributed by atoms with Gasteiger partial charge in [-0.25, -0.2) is 0 Å². The summed E-state index contributed by atoms with van der Waals surface area (Å²) >= 11 is 0. The first kappa shape index (κ1) is 13.4. The highest BCUT2D eigenvalue weighted by atomic mass is 15.3. The van der Waals surface area contributed by atoms with E-state index < -0.39 is 0 Å². The maximum atomic E-state index is 3.72.